The summed E-state index contributed by atoms with van der Waals surface area (Å²) in [4.78, 5) is 4.08. The van der Waals surface area contributed by atoms with Crippen LogP contribution in [-0.2, 0) is 0 Å². The van der Waals surface area contributed by atoms with Gasteiger partial charge in [0.2, 0.25) is 0 Å². The van der Waals surface area contributed by atoms with Gasteiger partial charge >= 0.3 is 0 Å². The molecule has 4 heteroatoms. The van der Waals surface area contributed by atoms with Gasteiger partial charge in [0.15, 0.2) is 0 Å². The summed E-state index contributed by atoms with van der Waals surface area (Å²) in [6, 6.07) is 6.52. The maximum atomic E-state index is 13.4. The first kappa shape index (κ1) is 12.4. The van der Waals surface area contributed by atoms with Gasteiger partial charge in [-0.05, 0) is 26.0 Å². The van der Waals surface area contributed by atoms with Crippen molar-refractivity contribution < 1.29 is 9.13 Å². The average Bonchev–Trinajstić information content (AvgIpc) is 2.32. The zero-order valence-electron chi connectivity index (χ0n) is 10.4. The van der Waals surface area contributed by atoms with Gasteiger partial charge in [-0.2, -0.15) is 0 Å². The summed E-state index contributed by atoms with van der Waals surface area (Å²) in [5, 5.41) is 0. The lowest BCUT2D eigenvalue weighted by Crippen LogP contribution is -2.05. The number of nitrogen functional groups attached to an aromatic ring is 1. The lowest BCUT2D eigenvalue weighted by Gasteiger charge is -2.11. The first-order chi connectivity index (χ1) is 8.58. The van der Waals surface area contributed by atoms with Crippen molar-refractivity contribution in [3.05, 3.63) is 42.5 Å². The first-order valence-corrected chi connectivity index (χ1v) is 5.74. The maximum Gasteiger partial charge on any atom is 0.146 e. The van der Waals surface area contributed by atoms with E-state index in [-0.39, 0.29) is 11.8 Å². The molecule has 1 aromatic heterocycles. The quantitative estimate of drug-likeness (QED) is 0.845. The second kappa shape index (κ2) is 5.04. The fourth-order valence-corrected chi connectivity index (χ4v) is 1.69. The average molecular weight is 246 g/mol. The number of aromatic nitrogens is 1. The molecule has 0 aliphatic rings. The molecule has 0 unspecified atom stereocenters. The van der Waals surface area contributed by atoms with Crippen LogP contribution < -0.4 is 10.5 Å². The number of benzene rings is 1. The third-order valence-corrected chi connectivity index (χ3v) is 2.45. The third-order valence-electron chi connectivity index (χ3n) is 2.45. The second-order valence-corrected chi connectivity index (χ2v) is 4.28. The first-order valence-electron chi connectivity index (χ1n) is 5.74. The summed E-state index contributed by atoms with van der Waals surface area (Å²) < 4.78 is 18.9. The van der Waals surface area contributed by atoms with Gasteiger partial charge in [0.25, 0.3) is 0 Å². The van der Waals surface area contributed by atoms with E-state index in [0.29, 0.717) is 11.3 Å². The molecule has 0 bridgehead atoms. The minimum atomic E-state index is -0.428. The minimum absolute atomic E-state index is 0.0620. The fraction of sp³-hybridized carbons (Fsp3) is 0.214. The van der Waals surface area contributed by atoms with Gasteiger partial charge in [0, 0.05) is 17.3 Å². The Kier molecular flexibility index (Phi) is 3.46. The Bertz CT molecular complexity index is 555. The van der Waals surface area contributed by atoms with Crippen molar-refractivity contribution in [2.24, 2.45) is 0 Å². The summed E-state index contributed by atoms with van der Waals surface area (Å²) in [5.74, 6) is 0.217. The summed E-state index contributed by atoms with van der Waals surface area (Å²) in [6.07, 6.45) is 3.32. The van der Waals surface area contributed by atoms with Crippen LogP contribution in [0.2, 0.25) is 0 Å². The molecule has 2 aromatic rings. The van der Waals surface area contributed by atoms with Gasteiger partial charge < -0.3 is 10.5 Å². The van der Waals surface area contributed by atoms with Crippen molar-refractivity contribution in [3.8, 4) is 16.9 Å². The van der Waals surface area contributed by atoms with Crippen LogP contribution >= 0.6 is 0 Å². The molecule has 2 rings (SSSR count). The number of rotatable bonds is 3. The molecule has 18 heavy (non-hydrogen) atoms. The van der Waals surface area contributed by atoms with Crippen molar-refractivity contribution in [2.75, 3.05) is 5.73 Å². The van der Waals surface area contributed by atoms with Gasteiger partial charge in [-0.1, -0.05) is 12.1 Å². The van der Waals surface area contributed by atoms with Crippen molar-refractivity contribution in [2.45, 2.75) is 20.0 Å². The number of nitrogens with zero attached hydrogens (tertiary/aromatic N) is 1. The molecule has 0 saturated heterocycles. The molecule has 0 fully saturated rings. The van der Waals surface area contributed by atoms with Gasteiger partial charge in [-0.15, -0.1) is 0 Å². The smallest absolute Gasteiger partial charge is 0.146 e. The number of ether oxygens (including phenoxy) is 1. The van der Waals surface area contributed by atoms with Crippen LogP contribution in [0.3, 0.4) is 0 Å². The zero-order chi connectivity index (χ0) is 13.1. The molecule has 0 spiro atoms. The Balaban J connectivity index is 2.41. The number of para-hydroxylation sites is 1. The normalized spacial score (nSPS) is 10.7. The van der Waals surface area contributed by atoms with Gasteiger partial charge in [-0.3, -0.25) is 4.98 Å². The van der Waals surface area contributed by atoms with Crippen LogP contribution in [0.1, 0.15) is 13.8 Å². The number of pyridine rings is 1. The molecule has 0 atom stereocenters. The van der Waals surface area contributed by atoms with Crippen LogP contribution in [0.5, 0.6) is 5.75 Å². The highest BCUT2D eigenvalue weighted by Crippen LogP contribution is 2.29. The monoisotopic (exact) mass is 246 g/mol. The molecular weight excluding hydrogens is 231 g/mol. The van der Waals surface area contributed by atoms with Crippen LogP contribution in [0.4, 0.5) is 10.1 Å². The molecule has 0 amide bonds. The molecule has 0 aliphatic heterocycles. The van der Waals surface area contributed by atoms with E-state index in [1.807, 2.05) is 13.8 Å². The van der Waals surface area contributed by atoms with E-state index in [0.717, 1.165) is 5.56 Å². The minimum Gasteiger partial charge on any atom is -0.489 e. The lowest BCUT2D eigenvalue weighted by molar-refractivity contribution is 0.241. The molecule has 0 saturated carbocycles. The van der Waals surface area contributed by atoms with E-state index in [1.165, 1.54) is 6.07 Å². The van der Waals surface area contributed by atoms with Crippen molar-refractivity contribution in [1.29, 1.82) is 0 Å². The van der Waals surface area contributed by atoms with E-state index in [2.05, 4.69) is 4.98 Å². The highest BCUT2D eigenvalue weighted by Gasteiger charge is 2.08. The highest BCUT2D eigenvalue weighted by molar-refractivity contribution is 5.76. The predicted octanol–water partition coefficient (Wildman–Crippen LogP) is 3.26. The Morgan fingerprint density at radius 1 is 1.28 bits per heavy atom. The Labute approximate surface area is 105 Å². The Hall–Kier alpha value is -2.10. The van der Waals surface area contributed by atoms with E-state index in [1.54, 1.807) is 30.6 Å². The van der Waals surface area contributed by atoms with Crippen LogP contribution in [0.15, 0.2) is 36.7 Å². The van der Waals surface area contributed by atoms with Gasteiger partial charge in [-0.25, -0.2) is 4.39 Å². The molecule has 3 nitrogen and oxygen atoms in total. The van der Waals surface area contributed by atoms with Gasteiger partial charge in [0.1, 0.15) is 11.6 Å². The molecule has 1 aromatic carbocycles. The van der Waals surface area contributed by atoms with E-state index in [4.69, 9.17) is 10.5 Å². The Morgan fingerprint density at radius 2 is 2.06 bits per heavy atom. The number of anilines is 1. The fourth-order valence-electron chi connectivity index (χ4n) is 1.69. The summed E-state index contributed by atoms with van der Waals surface area (Å²) in [5.41, 5.74) is 7.21. The number of nitrogens with two attached hydrogens (primary N) is 1. The summed E-state index contributed by atoms with van der Waals surface area (Å²) in [6.45, 7) is 3.87. The molecule has 94 valence electrons. The Morgan fingerprint density at radius 3 is 2.78 bits per heavy atom. The molecule has 0 aliphatic carbocycles. The second-order valence-electron chi connectivity index (χ2n) is 4.28. The van der Waals surface area contributed by atoms with Crippen molar-refractivity contribution >= 4 is 5.69 Å². The molecule has 2 N–H and O–H groups in total. The molecular formula is C14H15FN2O. The topological polar surface area (TPSA) is 48.1 Å². The lowest BCUT2D eigenvalue weighted by atomic mass is 10.1. The summed E-state index contributed by atoms with van der Waals surface area (Å²) >= 11 is 0. The maximum absolute atomic E-state index is 13.4. The highest BCUT2D eigenvalue weighted by atomic mass is 19.1. The third kappa shape index (κ3) is 2.59. The molecule has 0 radical (unpaired) electrons. The van der Waals surface area contributed by atoms with E-state index in [9.17, 15) is 4.39 Å². The zero-order valence-corrected chi connectivity index (χ0v) is 10.4. The molecule has 1 heterocycles. The van der Waals surface area contributed by atoms with Crippen molar-refractivity contribution in [3.63, 3.8) is 0 Å². The van der Waals surface area contributed by atoms with E-state index < -0.39 is 5.82 Å². The number of hydrogen-bond acceptors (Lipinski definition) is 3. The summed E-state index contributed by atoms with van der Waals surface area (Å²) in [7, 11) is 0. The predicted molar refractivity (Wildman–Crippen MR) is 69.8 cm³/mol. The van der Waals surface area contributed by atoms with Gasteiger partial charge in [0.05, 0.1) is 18.0 Å². The van der Waals surface area contributed by atoms with Crippen LogP contribution in [0.25, 0.3) is 11.1 Å². The van der Waals surface area contributed by atoms with E-state index >= 15 is 0 Å². The van der Waals surface area contributed by atoms with Crippen molar-refractivity contribution in [1.82, 2.24) is 4.98 Å². The van der Waals surface area contributed by atoms with Crippen LogP contribution in [-0.4, -0.2) is 11.1 Å². The van der Waals surface area contributed by atoms with Crippen LogP contribution in [0, 0.1) is 5.82 Å². The SMILES string of the molecule is CC(C)Oc1cncc(-c2cccc(F)c2N)c1. The number of halogens is 1. The standard InChI is InChI=1S/C14H15FN2O/c1-9(2)18-11-6-10(7-17-8-11)12-4-3-5-13(15)14(12)16/h3-9H,16H2,1-2H3. The largest absolute Gasteiger partial charge is 0.489 e. The number of hydrogen-bond donors (Lipinski definition) is 1.